The van der Waals surface area contributed by atoms with Gasteiger partial charge in [-0.05, 0) is 18.2 Å². The fourth-order valence-corrected chi connectivity index (χ4v) is 1.53. The van der Waals surface area contributed by atoms with Crippen LogP contribution in [0.5, 0.6) is 0 Å². The second kappa shape index (κ2) is 3.52. The number of nitrogens with one attached hydrogen (secondary N) is 1. The first-order valence-corrected chi connectivity index (χ1v) is 4.65. The molecule has 0 aliphatic heterocycles. The lowest BCUT2D eigenvalue weighted by Gasteiger charge is -2.07. The number of alkyl halides is 3. The van der Waals surface area contributed by atoms with Gasteiger partial charge in [-0.1, -0.05) is 11.6 Å². The number of hydrogen-bond donors (Lipinski definition) is 1. The monoisotopic (exact) mass is 247 g/mol. The minimum absolute atomic E-state index is 0.0673. The summed E-state index contributed by atoms with van der Waals surface area (Å²) in [5.74, 6) is 0. The van der Waals surface area contributed by atoms with Crippen molar-refractivity contribution in [1.29, 1.82) is 0 Å². The van der Waals surface area contributed by atoms with Crippen molar-refractivity contribution in [2.45, 2.75) is 6.18 Å². The van der Waals surface area contributed by atoms with E-state index in [-0.39, 0.29) is 10.4 Å². The van der Waals surface area contributed by atoms with Crippen LogP contribution >= 0.6 is 11.6 Å². The minimum atomic E-state index is -4.47. The molecule has 0 saturated heterocycles. The molecule has 16 heavy (non-hydrogen) atoms. The lowest BCUT2D eigenvalue weighted by molar-refractivity contribution is -0.137. The third-order valence-corrected chi connectivity index (χ3v) is 2.44. The third-order valence-electron chi connectivity index (χ3n) is 2.16. The van der Waals surface area contributed by atoms with E-state index in [0.717, 1.165) is 12.1 Å². The molecule has 6 heteroatoms. The molecular weight excluding hydrogens is 243 g/mol. The van der Waals surface area contributed by atoms with E-state index in [1.807, 2.05) is 0 Å². The van der Waals surface area contributed by atoms with Gasteiger partial charge in [0.1, 0.15) is 5.02 Å². The molecule has 0 bridgehead atoms. The number of hydrogen-bond acceptors (Lipinski definition) is 1. The van der Waals surface area contributed by atoms with E-state index < -0.39 is 17.2 Å². The fourth-order valence-electron chi connectivity index (χ4n) is 1.37. The predicted molar refractivity (Wildman–Crippen MR) is 54.6 cm³/mol. The van der Waals surface area contributed by atoms with Crippen LogP contribution in [0.25, 0.3) is 10.9 Å². The van der Waals surface area contributed by atoms with E-state index in [1.165, 1.54) is 12.3 Å². The molecule has 0 atom stereocenters. The van der Waals surface area contributed by atoms with Crippen LogP contribution in [0.1, 0.15) is 5.56 Å². The average molecular weight is 248 g/mol. The number of fused-ring (bicyclic) bond motifs is 1. The Morgan fingerprint density at radius 1 is 1.25 bits per heavy atom. The zero-order chi connectivity index (χ0) is 11.9. The Morgan fingerprint density at radius 2 is 1.94 bits per heavy atom. The summed E-state index contributed by atoms with van der Waals surface area (Å²) in [6.45, 7) is 0. The van der Waals surface area contributed by atoms with E-state index in [9.17, 15) is 18.0 Å². The number of H-pyrrole nitrogens is 1. The van der Waals surface area contributed by atoms with Crippen molar-refractivity contribution < 1.29 is 13.2 Å². The Morgan fingerprint density at radius 3 is 2.56 bits per heavy atom. The first-order valence-electron chi connectivity index (χ1n) is 4.28. The van der Waals surface area contributed by atoms with Crippen LogP contribution in [0.4, 0.5) is 13.2 Å². The van der Waals surface area contributed by atoms with Crippen LogP contribution in [0.15, 0.2) is 29.2 Å². The van der Waals surface area contributed by atoms with Crippen molar-refractivity contribution >= 4 is 22.5 Å². The summed E-state index contributed by atoms with van der Waals surface area (Å²) in [7, 11) is 0. The third kappa shape index (κ3) is 1.78. The quantitative estimate of drug-likeness (QED) is 0.762. The maximum atomic E-state index is 12.4. The Labute approximate surface area is 92.7 Å². The SMILES string of the molecule is O=c1c(Cl)c[nH]c2ccc(C(F)(F)F)cc12. The largest absolute Gasteiger partial charge is 0.416 e. The van der Waals surface area contributed by atoms with Crippen molar-refractivity contribution in [3.05, 3.63) is 45.2 Å². The molecule has 2 nitrogen and oxygen atoms in total. The molecule has 0 saturated carbocycles. The number of halogens is 4. The highest BCUT2D eigenvalue weighted by atomic mass is 35.5. The van der Waals surface area contributed by atoms with Crippen LogP contribution in [-0.4, -0.2) is 4.98 Å². The molecule has 1 aromatic heterocycles. The Bertz CT molecular complexity index is 603. The molecule has 2 aromatic rings. The van der Waals surface area contributed by atoms with Gasteiger partial charge in [-0.2, -0.15) is 13.2 Å². The second-order valence-electron chi connectivity index (χ2n) is 3.22. The molecule has 84 valence electrons. The maximum Gasteiger partial charge on any atom is 0.416 e. The summed E-state index contributed by atoms with van der Waals surface area (Å²) in [6.07, 6.45) is -3.22. The smallest absolute Gasteiger partial charge is 0.360 e. The van der Waals surface area contributed by atoms with E-state index >= 15 is 0 Å². The number of rotatable bonds is 0. The van der Waals surface area contributed by atoms with Gasteiger partial charge in [0.15, 0.2) is 0 Å². The molecule has 0 unspecified atom stereocenters. The van der Waals surface area contributed by atoms with Crippen LogP contribution < -0.4 is 5.43 Å². The van der Waals surface area contributed by atoms with E-state index in [0.29, 0.717) is 5.52 Å². The molecule has 0 aliphatic rings. The van der Waals surface area contributed by atoms with Gasteiger partial charge in [0.2, 0.25) is 5.43 Å². The zero-order valence-corrected chi connectivity index (χ0v) is 8.49. The van der Waals surface area contributed by atoms with Crippen LogP contribution in [0.3, 0.4) is 0 Å². The highest BCUT2D eigenvalue weighted by molar-refractivity contribution is 6.31. The van der Waals surface area contributed by atoms with Crippen LogP contribution in [0.2, 0.25) is 5.02 Å². The molecule has 0 radical (unpaired) electrons. The number of pyridine rings is 1. The molecular formula is C10H5ClF3NO. The maximum absolute atomic E-state index is 12.4. The first-order chi connectivity index (χ1) is 7.39. The van der Waals surface area contributed by atoms with Crippen molar-refractivity contribution in [1.82, 2.24) is 4.98 Å². The lowest BCUT2D eigenvalue weighted by atomic mass is 10.1. The first kappa shape index (κ1) is 11.0. The van der Waals surface area contributed by atoms with Crippen molar-refractivity contribution in [3.63, 3.8) is 0 Å². The number of aromatic nitrogens is 1. The topological polar surface area (TPSA) is 32.9 Å². The summed E-state index contributed by atoms with van der Waals surface area (Å²) >= 11 is 5.53. The second-order valence-corrected chi connectivity index (χ2v) is 3.63. The van der Waals surface area contributed by atoms with Crippen molar-refractivity contribution in [3.8, 4) is 0 Å². The highest BCUT2D eigenvalue weighted by Crippen LogP contribution is 2.30. The van der Waals surface area contributed by atoms with Gasteiger partial charge in [-0.3, -0.25) is 4.79 Å². The Kier molecular flexibility index (Phi) is 2.42. The zero-order valence-electron chi connectivity index (χ0n) is 7.73. The molecule has 1 N–H and O–H groups in total. The number of aromatic amines is 1. The lowest BCUT2D eigenvalue weighted by Crippen LogP contribution is -2.08. The summed E-state index contributed by atoms with van der Waals surface area (Å²) in [4.78, 5) is 14.1. The van der Waals surface area contributed by atoms with Gasteiger partial charge in [0.05, 0.1) is 5.56 Å². The van der Waals surface area contributed by atoms with Gasteiger partial charge in [0.25, 0.3) is 0 Å². The minimum Gasteiger partial charge on any atom is -0.360 e. The van der Waals surface area contributed by atoms with Crippen LogP contribution in [0, 0.1) is 0 Å². The molecule has 2 rings (SSSR count). The van der Waals surface area contributed by atoms with Gasteiger partial charge >= 0.3 is 6.18 Å². The van der Waals surface area contributed by atoms with E-state index in [2.05, 4.69) is 4.98 Å². The van der Waals surface area contributed by atoms with Gasteiger partial charge in [-0.15, -0.1) is 0 Å². The normalized spacial score (nSPS) is 12.0. The standard InChI is InChI=1S/C10H5ClF3NO/c11-7-4-15-8-2-1-5(10(12,13)14)3-6(8)9(7)16/h1-4H,(H,15,16). The van der Waals surface area contributed by atoms with Gasteiger partial charge in [0, 0.05) is 17.1 Å². The van der Waals surface area contributed by atoms with Gasteiger partial charge < -0.3 is 4.98 Å². The molecule has 1 aromatic carbocycles. The Hall–Kier alpha value is -1.49. The molecule has 0 amide bonds. The predicted octanol–water partition coefficient (Wildman–Crippen LogP) is 3.20. The van der Waals surface area contributed by atoms with Crippen LogP contribution in [-0.2, 0) is 6.18 Å². The summed E-state index contributed by atoms with van der Waals surface area (Å²) in [5, 5.41) is -0.200. The summed E-state index contributed by atoms with van der Waals surface area (Å²) in [6, 6.07) is 2.90. The fraction of sp³-hybridized carbons (Fsp3) is 0.100. The van der Waals surface area contributed by atoms with Crippen molar-refractivity contribution in [2.24, 2.45) is 0 Å². The summed E-state index contributed by atoms with van der Waals surface area (Å²) in [5.41, 5.74) is -1.16. The van der Waals surface area contributed by atoms with Crippen molar-refractivity contribution in [2.75, 3.05) is 0 Å². The average Bonchev–Trinajstić information content (AvgIpc) is 2.22. The summed E-state index contributed by atoms with van der Waals surface area (Å²) < 4.78 is 37.2. The van der Waals surface area contributed by atoms with E-state index in [4.69, 9.17) is 11.6 Å². The highest BCUT2D eigenvalue weighted by Gasteiger charge is 2.30. The number of benzene rings is 1. The van der Waals surface area contributed by atoms with Gasteiger partial charge in [-0.25, -0.2) is 0 Å². The molecule has 0 aliphatic carbocycles. The molecule has 0 spiro atoms. The van der Waals surface area contributed by atoms with E-state index in [1.54, 1.807) is 0 Å². The molecule has 0 fully saturated rings. The Balaban J connectivity index is 2.79. The molecule has 1 heterocycles.